The van der Waals surface area contributed by atoms with Gasteiger partial charge in [-0.1, -0.05) is 18.2 Å². The Kier molecular flexibility index (Phi) is 4.81. The van der Waals surface area contributed by atoms with Crippen LogP contribution in [-0.4, -0.2) is 18.4 Å². The van der Waals surface area contributed by atoms with E-state index in [1.54, 1.807) is 29.7 Å². The highest BCUT2D eigenvalue weighted by atomic mass is 35.5. The molecule has 0 unspecified atom stereocenters. The van der Waals surface area contributed by atoms with Crippen LogP contribution < -0.4 is 10.5 Å². The van der Waals surface area contributed by atoms with Gasteiger partial charge in [0.2, 0.25) is 15.3 Å². The average Bonchev–Trinajstić information content (AvgIpc) is 3.07. The van der Waals surface area contributed by atoms with Gasteiger partial charge < -0.3 is 5.32 Å². The van der Waals surface area contributed by atoms with Crippen molar-refractivity contribution in [2.24, 2.45) is 5.14 Å². The van der Waals surface area contributed by atoms with Gasteiger partial charge in [0.15, 0.2) is 0 Å². The number of primary sulfonamides is 1. The number of nitrogens with one attached hydrogen (secondary N) is 1. The van der Waals surface area contributed by atoms with Gasteiger partial charge in [-0.25, -0.2) is 23.5 Å². The number of hydrogen-bond donors (Lipinski definition) is 2. The highest BCUT2D eigenvalue weighted by molar-refractivity contribution is 7.89. The van der Waals surface area contributed by atoms with Crippen LogP contribution in [0.3, 0.4) is 0 Å². The van der Waals surface area contributed by atoms with Crippen molar-refractivity contribution in [3.05, 3.63) is 58.8 Å². The molecule has 0 fully saturated rings. The summed E-state index contributed by atoms with van der Waals surface area (Å²) in [6, 6.07) is 10.3. The quantitative estimate of drug-likeness (QED) is 0.662. The Morgan fingerprint density at radius 1 is 1.21 bits per heavy atom. The van der Waals surface area contributed by atoms with Crippen LogP contribution in [0, 0.1) is 0 Å². The van der Waals surface area contributed by atoms with Crippen LogP contribution >= 0.6 is 22.9 Å². The number of anilines is 1. The van der Waals surface area contributed by atoms with Crippen LogP contribution in [0.1, 0.15) is 5.56 Å². The lowest BCUT2D eigenvalue weighted by Gasteiger charge is -2.10. The van der Waals surface area contributed by atoms with Gasteiger partial charge in [-0.05, 0) is 40.7 Å². The lowest BCUT2D eigenvalue weighted by Crippen LogP contribution is -2.12. The molecular weight excluding hydrogens is 368 g/mol. The molecule has 24 heavy (non-hydrogen) atoms. The van der Waals surface area contributed by atoms with Crippen LogP contribution in [0.15, 0.2) is 52.9 Å². The second-order valence-electron chi connectivity index (χ2n) is 4.92. The van der Waals surface area contributed by atoms with Gasteiger partial charge in [-0.15, -0.1) is 11.3 Å². The number of thiophene rings is 1. The molecule has 0 amide bonds. The fraction of sp³-hybridized carbons (Fsp3) is 0.0667. The standard InChI is InChI=1S/C15H13ClN4O2S2/c16-15-19-9-12(13-2-1-7-23-13)14(20-15)18-8-10-3-5-11(6-4-10)24(17,21)22/h1-7,9H,8H2,(H2,17,21,22)(H,18,19,20). The Morgan fingerprint density at radius 3 is 2.58 bits per heavy atom. The van der Waals surface area contributed by atoms with Crippen molar-refractivity contribution >= 4 is 38.8 Å². The van der Waals surface area contributed by atoms with E-state index in [0.29, 0.717) is 12.4 Å². The number of rotatable bonds is 5. The third-order valence-corrected chi connectivity index (χ3v) is 5.27. The second kappa shape index (κ2) is 6.86. The molecule has 0 atom stereocenters. The van der Waals surface area contributed by atoms with Gasteiger partial charge in [-0.2, -0.15) is 0 Å². The van der Waals surface area contributed by atoms with Gasteiger partial charge in [0.25, 0.3) is 0 Å². The van der Waals surface area contributed by atoms with E-state index in [2.05, 4.69) is 15.3 Å². The lowest BCUT2D eigenvalue weighted by molar-refractivity contribution is 0.598. The maximum Gasteiger partial charge on any atom is 0.238 e. The molecule has 3 rings (SSSR count). The van der Waals surface area contributed by atoms with Crippen LogP contribution in [-0.2, 0) is 16.6 Å². The Morgan fingerprint density at radius 2 is 1.96 bits per heavy atom. The van der Waals surface area contributed by atoms with Crippen molar-refractivity contribution < 1.29 is 8.42 Å². The zero-order valence-electron chi connectivity index (χ0n) is 12.3. The van der Waals surface area contributed by atoms with E-state index in [0.717, 1.165) is 16.0 Å². The lowest BCUT2D eigenvalue weighted by atomic mass is 10.2. The predicted octanol–water partition coefficient (Wildman–Crippen LogP) is 3.12. The smallest absolute Gasteiger partial charge is 0.238 e. The molecule has 3 aromatic rings. The first-order chi connectivity index (χ1) is 11.4. The molecule has 2 aromatic heterocycles. The fourth-order valence-electron chi connectivity index (χ4n) is 2.09. The van der Waals surface area contributed by atoms with Crippen LogP contribution in [0.5, 0.6) is 0 Å². The largest absolute Gasteiger partial charge is 0.365 e. The van der Waals surface area contributed by atoms with Gasteiger partial charge in [0, 0.05) is 17.6 Å². The maximum absolute atomic E-state index is 11.3. The first kappa shape index (κ1) is 16.8. The summed E-state index contributed by atoms with van der Waals surface area (Å²) in [5.74, 6) is 0.618. The zero-order valence-corrected chi connectivity index (χ0v) is 14.7. The third-order valence-electron chi connectivity index (χ3n) is 3.26. The van der Waals surface area contributed by atoms with Crippen molar-refractivity contribution in [1.82, 2.24) is 9.97 Å². The number of halogens is 1. The molecule has 9 heteroatoms. The fourth-order valence-corrected chi connectivity index (χ4v) is 3.48. The van der Waals surface area contributed by atoms with Gasteiger partial charge in [-0.3, -0.25) is 0 Å². The Bertz CT molecular complexity index is 942. The average molecular weight is 381 g/mol. The van der Waals surface area contributed by atoms with Gasteiger partial charge >= 0.3 is 0 Å². The van der Waals surface area contributed by atoms with E-state index >= 15 is 0 Å². The molecule has 124 valence electrons. The summed E-state index contributed by atoms with van der Waals surface area (Å²) in [6.45, 7) is 0.455. The van der Waals surface area contributed by atoms with Crippen molar-refractivity contribution in [2.45, 2.75) is 11.4 Å². The van der Waals surface area contributed by atoms with Crippen LogP contribution in [0.2, 0.25) is 5.28 Å². The maximum atomic E-state index is 11.3. The SMILES string of the molecule is NS(=O)(=O)c1ccc(CNc2nc(Cl)ncc2-c2cccs2)cc1. The van der Waals surface area contributed by atoms with Crippen molar-refractivity contribution in [1.29, 1.82) is 0 Å². The Hall–Kier alpha value is -2.00. The zero-order chi connectivity index (χ0) is 17.2. The second-order valence-corrected chi connectivity index (χ2v) is 7.77. The molecule has 0 aliphatic carbocycles. The normalized spacial score (nSPS) is 11.4. The van der Waals surface area contributed by atoms with Gasteiger partial charge in [0.05, 0.1) is 10.5 Å². The highest BCUT2D eigenvalue weighted by Crippen LogP contribution is 2.30. The van der Waals surface area contributed by atoms with E-state index in [9.17, 15) is 8.42 Å². The summed E-state index contributed by atoms with van der Waals surface area (Å²) >= 11 is 7.47. The minimum atomic E-state index is -3.69. The summed E-state index contributed by atoms with van der Waals surface area (Å²) in [5.41, 5.74) is 1.74. The van der Waals surface area contributed by atoms with E-state index in [1.807, 2.05) is 17.5 Å². The number of hydrogen-bond acceptors (Lipinski definition) is 6. The van der Waals surface area contributed by atoms with Crippen molar-refractivity contribution in [3.8, 4) is 10.4 Å². The molecule has 1 aromatic carbocycles. The molecule has 0 aliphatic heterocycles. The summed E-state index contributed by atoms with van der Waals surface area (Å²) in [6.07, 6.45) is 1.67. The molecule has 0 aliphatic rings. The monoisotopic (exact) mass is 380 g/mol. The van der Waals surface area contributed by atoms with Crippen molar-refractivity contribution in [3.63, 3.8) is 0 Å². The number of aromatic nitrogens is 2. The molecule has 0 saturated heterocycles. The van der Waals surface area contributed by atoms with Crippen LogP contribution in [0.25, 0.3) is 10.4 Å². The molecular formula is C15H13ClN4O2S2. The van der Waals surface area contributed by atoms with E-state index in [-0.39, 0.29) is 10.2 Å². The summed E-state index contributed by atoms with van der Waals surface area (Å²) < 4.78 is 22.5. The Labute approximate surface area is 148 Å². The number of benzene rings is 1. The topological polar surface area (TPSA) is 98.0 Å². The summed E-state index contributed by atoms with van der Waals surface area (Å²) in [5, 5.41) is 10.4. The third kappa shape index (κ3) is 3.90. The van der Waals surface area contributed by atoms with E-state index in [4.69, 9.17) is 16.7 Å². The minimum Gasteiger partial charge on any atom is -0.365 e. The molecule has 3 N–H and O–H groups in total. The molecule has 0 bridgehead atoms. The van der Waals surface area contributed by atoms with Crippen molar-refractivity contribution in [2.75, 3.05) is 5.32 Å². The minimum absolute atomic E-state index is 0.0793. The number of nitrogens with two attached hydrogens (primary N) is 1. The molecule has 0 spiro atoms. The molecule has 0 saturated carbocycles. The Balaban J connectivity index is 1.81. The molecule has 6 nitrogen and oxygen atoms in total. The summed E-state index contributed by atoms with van der Waals surface area (Å²) in [4.78, 5) is 9.37. The van der Waals surface area contributed by atoms with E-state index < -0.39 is 10.0 Å². The first-order valence-corrected chi connectivity index (χ1v) is 9.66. The van der Waals surface area contributed by atoms with Gasteiger partial charge in [0.1, 0.15) is 5.82 Å². The summed E-state index contributed by atoms with van der Waals surface area (Å²) in [7, 11) is -3.69. The van der Waals surface area contributed by atoms with E-state index in [1.165, 1.54) is 12.1 Å². The molecule has 2 heterocycles. The molecule has 0 radical (unpaired) electrons. The number of sulfonamides is 1. The first-order valence-electron chi connectivity index (χ1n) is 6.85. The van der Waals surface area contributed by atoms with Crippen LogP contribution in [0.4, 0.5) is 5.82 Å². The number of nitrogens with zero attached hydrogens (tertiary/aromatic N) is 2. The predicted molar refractivity (Wildman–Crippen MR) is 95.5 cm³/mol. The highest BCUT2D eigenvalue weighted by Gasteiger charge is 2.10.